The standard InChI is InChI=1S/C16H27FN4/c1-5-21(12(2)11-20(3)4)16-15(17)13(8-9-18-16)10-19-14-6-7-14/h8-9,12,14,19H,5-7,10-11H2,1-4H3. The predicted molar refractivity (Wildman–Crippen MR) is 85.1 cm³/mol. The van der Waals surface area contributed by atoms with Crippen LogP contribution in [0.1, 0.15) is 32.3 Å². The predicted octanol–water partition coefficient (Wildman–Crippen LogP) is 2.25. The highest BCUT2D eigenvalue weighted by Crippen LogP contribution is 2.23. The summed E-state index contributed by atoms with van der Waals surface area (Å²) >= 11 is 0. The van der Waals surface area contributed by atoms with Gasteiger partial charge < -0.3 is 15.1 Å². The van der Waals surface area contributed by atoms with Crippen molar-refractivity contribution >= 4 is 5.82 Å². The number of nitrogens with one attached hydrogen (secondary N) is 1. The van der Waals surface area contributed by atoms with Crippen LogP contribution in [0.2, 0.25) is 0 Å². The first-order valence-corrected chi connectivity index (χ1v) is 7.81. The molecule has 0 saturated heterocycles. The van der Waals surface area contributed by atoms with Gasteiger partial charge in [-0.2, -0.15) is 0 Å². The maximum absolute atomic E-state index is 14.7. The van der Waals surface area contributed by atoms with Crippen LogP contribution in [0.5, 0.6) is 0 Å². The van der Waals surface area contributed by atoms with Gasteiger partial charge in [-0.15, -0.1) is 0 Å². The fraction of sp³-hybridized carbons (Fsp3) is 0.688. The number of pyridine rings is 1. The van der Waals surface area contributed by atoms with Gasteiger partial charge in [0.1, 0.15) is 0 Å². The molecule has 0 bridgehead atoms. The molecule has 2 rings (SSSR count). The van der Waals surface area contributed by atoms with E-state index in [4.69, 9.17) is 0 Å². The Kier molecular flexibility index (Phi) is 5.53. The summed E-state index contributed by atoms with van der Waals surface area (Å²) in [5, 5.41) is 3.36. The van der Waals surface area contributed by atoms with Crippen LogP contribution in [-0.2, 0) is 6.54 Å². The van der Waals surface area contributed by atoms with Gasteiger partial charge in [-0.3, -0.25) is 0 Å². The van der Waals surface area contributed by atoms with Gasteiger partial charge >= 0.3 is 0 Å². The summed E-state index contributed by atoms with van der Waals surface area (Å²) in [7, 11) is 4.06. The summed E-state index contributed by atoms with van der Waals surface area (Å²) < 4.78 is 14.7. The summed E-state index contributed by atoms with van der Waals surface area (Å²) in [5.41, 5.74) is 0.711. The average Bonchev–Trinajstić information content (AvgIpc) is 3.23. The third-order valence-corrected chi connectivity index (χ3v) is 3.88. The Hall–Kier alpha value is -1.20. The molecule has 0 radical (unpaired) electrons. The van der Waals surface area contributed by atoms with Crippen molar-refractivity contribution in [1.82, 2.24) is 15.2 Å². The van der Waals surface area contributed by atoms with Crippen molar-refractivity contribution in [2.45, 2.75) is 45.3 Å². The molecule has 5 heteroatoms. The molecular weight excluding hydrogens is 267 g/mol. The molecule has 0 spiro atoms. The third-order valence-electron chi connectivity index (χ3n) is 3.88. The highest BCUT2D eigenvalue weighted by Gasteiger charge is 2.23. The molecular formula is C16H27FN4. The van der Waals surface area contributed by atoms with Gasteiger partial charge in [0.25, 0.3) is 0 Å². The second kappa shape index (κ2) is 7.18. The fourth-order valence-corrected chi connectivity index (χ4v) is 2.65. The zero-order chi connectivity index (χ0) is 15.4. The number of nitrogens with zero attached hydrogens (tertiary/aromatic N) is 3. The van der Waals surface area contributed by atoms with E-state index in [1.165, 1.54) is 12.8 Å². The molecule has 1 heterocycles. The molecule has 21 heavy (non-hydrogen) atoms. The molecule has 4 nitrogen and oxygen atoms in total. The first kappa shape index (κ1) is 16.2. The molecule has 1 atom stereocenters. The van der Waals surface area contributed by atoms with E-state index in [1.807, 2.05) is 25.9 Å². The molecule has 1 aromatic heterocycles. The second-order valence-electron chi connectivity index (χ2n) is 6.16. The normalized spacial score (nSPS) is 16.3. The largest absolute Gasteiger partial charge is 0.350 e. The van der Waals surface area contributed by atoms with Crippen molar-refractivity contribution in [3.63, 3.8) is 0 Å². The van der Waals surface area contributed by atoms with Crippen LogP contribution in [0.4, 0.5) is 10.2 Å². The van der Waals surface area contributed by atoms with E-state index in [2.05, 4.69) is 22.1 Å². The molecule has 118 valence electrons. The smallest absolute Gasteiger partial charge is 0.170 e. The van der Waals surface area contributed by atoms with Crippen molar-refractivity contribution in [1.29, 1.82) is 0 Å². The van der Waals surface area contributed by atoms with Gasteiger partial charge in [0, 0.05) is 43.5 Å². The van der Waals surface area contributed by atoms with E-state index in [0.717, 1.165) is 13.1 Å². The number of hydrogen-bond acceptors (Lipinski definition) is 4. The SMILES string of the molecule is CCN(c1nccc(CNC2CC2)c1F)C(C)CN(C)C. The maximum Gasteiger partial charge on any atom is 0.170 e. The van der Waals surface area contributed by atoms with E-state index in [0.29, 0.717) is 24.0 Å². The minimum atomic E-state index is -0.182. The molecule has 0 aromatic carbocycles. The minimum absolute atomic E-state index is 0.182. The van der Waals surface area contributed by atoms with Crippen LogP contribution >= 0.6 is 0 Å². The van der Waals surface area contributed by atoms with Gasteiger partial charge in [-0.05, 0) is 46.9 Å². The van der Waals surface area contributed by atoms with Gasteiger partial charge in [-0.25, -0.2) is 9.37 Å². The van der Waals surface area contributed by atoms with Gasteiger partial charge in [0.05, 0.1) is 0 Å². The molecule has 1 saturated carbocycles. The number of anilines is 1. The highest BCUT2D eigenvalue weighted by molar-refractivity contribution is 5.44. The van der Waals surface area contributed by atoms with Crippen LogP contribution in [-0.4, -0.2) is 49.2 Å². The van der Waals surface area contributed by atoms with E-state index in [-0.39, 0.29) is 11.9 Å². The summed E-state index contributed by atoms with van der Waals surface area (Å²) in [5.74, 6) is 0.292. The van der Waals surface area contributed by atoms with Crippen LogP contribution in [0, 0.1) is 5.82 Å². The molecule has 1 fully saturated rings. The van der Waals surface area contributed by atoms with Crippen LogP contribution in [0.15, 0.2) is 12.3 Å². The summed E-state index contributed by atoms with van der Waals surface area (Å²) in [6, 6.07) is 2.58. The summed E-state index contributed by atoms with van der Waals surface area (Å²) in [6.45, 7) is 6.37. The lowest BCUT2D eigenvalue weighted by molar-refractivity contribution is 0.370. The molecule has 0 amide bonds. The van der Waals surface area contributed by atoms with E-state index < -0.39 is 0 Å². The van der Waals surface area contributed by atoms with Crippen LogP contribution in [0.3, 0.4) is 0 Å². The van der Waals surface area contributed by atoms with Gasteiger partial charge in [-0.1, -0.05) is 0 Å². The Bertz CT molecular complexity index is 460. The van der Waals surface area contributed by atoms with E-state index in [9.17, 15) is 4.39 Å². The lowest BCUT2D eigenvalue weighted by atomic mass is 10.2. The van der Waals surface area contributed by atoms with E-state index in [1.54, 1.807) is 12.3 Å². The fourth-order valence-electron chi connectivity index (χ4n) is 2.65. The Morgan fingerprint density at radius 3 is 2.71 bits per heavy atom. The number of rotatable bonds is 8. The van der Waals surface area contributed by atoms with Crippen LogP contribution < -0.4 is 10.2 Å². The van der Waals surface area contributed by atoms with Gasteiger partial charge in [0.2, 0.25) is 0 Å². The lowest BCUT2D eigenvalue weighted by Gasteiger charge is -2.31. The molecule has 1 unspecified atom stereocenters. The molecule has 1 aliphatic carbocycles. The minimum Gasteiger partial charge on any atom is -0.350 e. The summed E-state index contributed by atoms with van der Waals surface area (Å²) in [4.78, 5) is 8.44. The zero-order valence-corrected chi connectivity index (χ0v) is 13.6. The Morgan fingerprint density at radius 2 is 2.14 bits per heavy atom. The number of likely N-dealkylation sites (N-methyl/N-ethyl adjacent to an activating group) is 2. The van der Waals surface area contributed by atoms with E-state index >= 15 is 0 Å². The topological polar surface area (TPSA) is 31.4 Å². The number of halogens is 1. The van der Waals surface area contributed by atoms with Gasteiger partial charge in [0.15, 0.2) is 11.6 Å². The first-order valence-electron chi connectivity index (χ1n) is 7.81. The zero-order valence-electron chi connectivity index (χ0n) is 13.6. The molecule has 1 aliphatic rings. The first-order chi connectivity index (χ1) is 10.0. The maximum atomic E-state index is 14.7. The Morgan fingerprint density at radius 1 is 1.43 bits per heavy atom. The second-order valence-corrected chi connectivity index (χ2v) is 6.16. The Balaban J connectivity index is 2.13. The number of hydrogen-bond donors (Lipinski definition) is 1. The Labute approximate surface area is 127 Å². The monoisotopic (exact) mass is 294 g/mol. The lowest BCUT2D eigenvalue weighted by Crippen LogP contribution is -2.41. The highest BCUT2D eigenvalue weighted by atomic mass is 19.1. The quantitative estimate of drug-likeness (QED) is 0.797. The van der Waals surface area contributed by atoms with Crippen molar-refractivity contribution in [2.24, 2.45) is 0 Å². The van der Waals surface area contributed by atoms with Crippen molar-refractivity contribution in [2.75, 3.05) is 32.1 Å². The van der Waals surface area contributed by atoms with Crippen molar-refractivity contribution in [3.05, 3.63) is 23.6 Å². The number of aromatic nitrogens is 1. The summed E-state index contributed by atoms with van der Waals surface area (Å²) in [6.07, 6.45) is 4.13. The molecule has 1 N–H and O–H groups in total. The van der Waals surface area contributed by atoms with Crippen LogP contribution in [0.25, 0.3) is 0 Å². The molecule has 1 aromatic rings. The third kappa shape index (κ3) is 4.38. The van der Waals surface area contributed by atoms with Crippen molar-refractivity contribution < 1.29 is 4.39 Å². The average molecular weight is 294 g/mol. The molecule has 0 aliphatic heterocycles. The van der Waals surface area contributed by atoms with Crippen molar-refractivity contribution in [3.8, 4) is 0 Å².